The van der Waals surface area contributed by atoms with Crippen molar-refractivity contribution in [1.29, 1.82) is 0 Å². The van der Waals surface area contributed by atoms with Gasteiger partial charge in [-0.25, -0.2) is 4.39 Å². The molecular formula is C17H24FN3O2. The van der Waals surface area contributed by atoms with Gasteiger partial charge in [0.15, 0.2) is 0 Å². The van der Waals surface area contributed by atoms with Crippen molar-refractivity contribution in [1.82, 2.24) is 14.7 Å². The summed E-state index contributed by atoms with van der Waals surface area (Å²) in [6, 6.07) is 6.08. The Balaban J connectivity index is 1.85. The van der Waals surface area contributed by atoms with Gasteiger partial charge in [-0.1, -0.05) is 12.1 Å². The van der Waals surface area contributed by atoms with Crippen molar-refractivity contribution in [3.63, 3.8) is 0 Å². The Bertz CT molecular complexity index is 539. The zero-order chi connectivity index (χ0) is 16.8. The van der Waals surface area contributed by atoms with E-state index in [0.717, 1.165) is 31.7 Å². The van der Waals surface area contributed by atoms with Crippen LogP contribution in [0, 0.1) is 5.82 Å². The minimum Gasteiger partial charge on any atom is -0.340 e. The van der Waals surface area contributed by atoms with E-state index in [0.29, 0.717) is 19.5 Å². The fraction of sp³-hybridized carbons (Fsp3) is 0.529. The minimum absolute atomic E-state index is 0.0829. The topological polar surface area (TPSA) is 43.9 Å². The molecule has 23 heavy (non-hydrogen) atoms. The summed E-state index contributed by atoms with van der Waals surface area (Å²) < 4.78 is 12.9. The lowest BCUT2D eigenvalue weighted by Gasteiger charge is -2.33. The molecule has 1 aromatic rings. The second kappa shape index (κ2) is 8.06. The third-order valence-electron chi connectivity index (χ3n) is 4.18. The van der Waals surface area contributed by atoms with Gasteiger partial charge in [-0.3, -0.25) is 9.59 Å². The predicted octanol–water partition coefficient (Wildman–Crippen LogP) is 1.34. The Morgan fingerprint density at radius 1 is 1.13 bits per heavy atom. The van der Waals surface area contributed by atoms with Crippen LogP contribution in [0.3, 0.4) is 0 Å². The number of carbonyl (C=O) groups excluding carboxylic acids is 2. The third kappa shape index (κ3) is 5.32. The summed E-state index contributed by atoms with van der Waals surface area (Å²) in [6.45, 7) is 5.53. The van der Waals surface area contributed by atoms with Crippen molar-refractivity contribution in [3.8, 4) is 0 Å². The monoisotopic (exact) mass is 321 g/mol. The smallest absolute Gasteiger partial charge is 0.224 e. The van der Waals surface area contributed by atoms with E-state index in [1.165, 1.54) is 19.1 Å². The molecule has 0 bridgehead atoms. The largest absolute Gasteiger partial charge is 0.340 e. The van der Waals surface area contributed by atoms with E-state index in [9.17, 15) is 14.0 Å². The van der Waals surface area contributed by atoms with Crippen LogP contribution >= 0.6 is 0 Å². The summed E-state index contributed by atoms with van der Waals surface area (Å²) in [7, 11) is 2.04. The maximum absolute atomic E-state index is 12.9. The van der Waals surface area contributed by atoms with Gasteiger partial charge < -0.3 is 14.7 Å². The van der Waals surface area contributed by atoms with E-state index in [1.807, 2.05) is 11.9 Å². The van der Waals surface area contributed by atoms with E-state index in [1.54, 1.807) is 17.0 Å². The zero-order valence-corrected chi connectivity index (χ0v) is 13.8. The predicted molar refractivity (Wildman–Crippen MR) is 86.2 cm³/mol. The standard InChI is InChI=1S/C17H24FN3O2/c1-14(22)21(13-15-3-5-16(18)6-4-15)8-7-17(23)20-11-9-19(2)10-12-20/h3-6H,7-13H2,1-2H3. The lowest BCUT2D eigenvalue weighted by Crippen LogP contribution is -2.47. The Labute approximate surface area is 136 Å². The van der Waals surface area contributed by atoms with Crippen LogP contribution in [-0.2, 0) is 16.1 Å². The van der Waals surface area contributed by atoms with Crippen molar-refractivity contribution < 1.29 is 14.0 Å². The Hall–Kier alpha value is -1.95. The van der Waals surface area contributed by atoms with Crippen LogP contribution in [0.5, 0.6) is 0 Å². The Kier molecular flexibility index (Phi) is 6.10. The van der Waals surface area contributed by atoms with Crippen LogP contribution in [0.1, 0.15) is 18.9 Å². The molecule has 0 aliphatic carbocycles. The molecule has 0 aromatic heterocycles. The van der Waals surface area contributed by atoms with Crippen molar-refractivity contribution in [2.24, 2.45) is 0 Å². The molecule has 0 atom stereocenters. The first-order valence-electron chi connectivity index (χ1n) is 7.92. The average molecular weight is 321 g/mol. The molecule has 2 amide bonds. The molecule has 0 N–H and O–H groups in total. The van der Waals surface area contributed by atoms with Crippen LogP contribution < -0.4 is 0 Å². The maximum atomic E-state index is 12.9. The van der Waals surface area contributed by atoms with Gasteiger partial charge in [-0.15, -0.1) is 0 Å². The van der Waals surface area contributed by atoms with E-state index in [2.05, 4.69) is 4.90 Å². The number of nitrogens with zero attached hydrogens (tertiary/aromatic N) is 3. The quantitative estimate of drug-likeness (QED) is 0.822. The van der Waals surface area contributed by atoms with Crippen molar-refractivity contribution in [3.05, 3.63) is 35.6 Å². The number of benzene rings is 1. The molecule has 1 heterocycles. The molecule has 126 valence electrons. The first-order valence-corrected chi connectivity index (χ1v) is 7.92. The average Bonchev–Trinajstić information content (AvgIpc) is 2.53. The lowest BCUT2D eigenvalue weighted by molar-refractivity contribution is -0.134. The maximum Gasteiger partial charge on any atom is 0.224 e. The first kappa shape index (κ1) is 17.4. The fourth-order valence-electron chi connectivity index (χ4n) is 2.60. The molecular weight excluding hydrogens is 297 g/mol. The van der Waals surface area contributed by atoms with Gasteiger partial charge in [0.1, 0.15) is 5.82 Å². The molecule has 1 fully saturated rings. The number of hydrogen-bond acceptors (Lipinski definition) is 3. The Morgan fingerprint density at radius 3 is 2.30 bits per heavy atom. The number of carbonyl (C=O) groups is 2. The SMILES string of the molecule is CC(=O)N(CCC(=O)N1CCN(C)CC1)Cc1ccc(F)cc1. The highest BCUT2D eigenvalue weighted by Gasteiger charge is 2.20. The molecule has 6 heteroatoms. The van der Waals surface area contributed by atoms with Gasteiger partial charge in [-0.2, -0.15) is 0 Å². The number of amides is 2. The minimum atomic E-state index is -0.298. The molecule has 1 aliphatic rings. The molecule has 1 aliphatic heterocycles. The third-order valence-corrected chi connectivity index (χ3v) is 4.18. The normalized spacial score (nSPS) is 15.5. The van der Waals surface area contributed by atoms with E-state index in [-0.39, 0.29) is 17.6 Å². The van der Waals surface area contributed by atoms with E-state index < -0.39 is 0 Å². The number of halogens is 1. The molecule has 2 rings (SSSR count). The highest BCUT2D eigenvalue weighted by atomic mass is 19.1. The number of likely N-dealkylation sites (N-methyl/N-ethyl adjacent to an activating group) is 1. The second-order valence-corrected chi connectivity index (χ2v) is 6.00. The fourth-order valence-corrected chi connectivity index (χ4v) is 2.60. The molecule has 0 saturated carbocycles. The molecule has 5 nitrogen and oxygen atoms in total. The first-order chi connectivity index (χ1) is 11.0. The number of piperazine rings is 1. The summed E-state index contributed by atoms with van der Waals surface area (Å²) >= 11 is 0. The highest BCUT2D eigenvalue weighted by molar-refractivity contribution is 5.78. The van der Waals surface area contributed by atoms with E-state index >= 15 is 0 Å². The van der Waals surface area contributed by atoms with Gasteiger partial charge in [0.2, 0.25) is 11.8 Å². The zero-order valence-electron chi connectivity index (χ0n) is 13.8. The van der Waals surface area contributed by atoms with Crippen LogP contribution in [0.2, 0.25) is 0 Å². The lowest BCUT2D eigenvalue weighted by atomic mass is 10.2. The molecule has 0 radical (unpaired) electrons. The van der Waals surface area contributed by atoms with Gasteiger partial charge in [-0.05, 0) is 24.7 Å². The van der Waals surface area contributed by atoms with Crippen LogP contribution in [0.4, 0.5) is 4.39 Å². The molecule has 0 unspecified atom stereocenters. The van der Waals surface area contributed by atoms with Gasteiger partial charge in [0.05, 0.1) is 0 Å². The summed E-state index contributed by atoms with van der Waals surface area (Å²) in [5.74, 6) is -0.294. The summed E-state index contributed by atoms with van der Waals surface area (Å²) in [5.41, 5.74) is 0.855. The van der Waals surface area contributed by atoms with Crippen LogP contribution in [-0.4, -0.2) is 66.3 Å². The molecule has 1 saturated heterocycles. The van der Waals surface area contributed by atoms with Crippen molar-refractivity contribution >= 4 is 11.8 Å². The summed E-state index contributed by atoms with van der Waals surface area (Å²) in [6.07, 6.45) is 0.324. The molecule has 1 aromatic carbocycles. The van der Waals surface area contributed by atoms with Gasteiger partial charge >= 0.3 is 0 Å². The number of hydrogen-bond donors (Lipinski definition) is 0. The summed E-state index contributed by atoms with van der Waals surface area (Å²) in [5, 5.41) is 0. The number of rotatable bonds is 5. The van der Waals surface area contributed by atoms with Gasteiger partial charge in [0, 0.05) is 52.6 Å². The Morgan fingerprint density at radius 2 is 1.74 bits per heavy atom. The van der Waals surface area contributed by atoms with Crippen molar-refractivity contribution in [2.75, 3.05) is 39.8 Å². The summed E-state index contributed by atoms with van der Waals surface area (Å²) in [4.78, 5) is 29.7. The van der Waals surface area contributed by atoms with Crippen LogP contribution in [0.15, 0.2) is 24.3 Å². The van der Waals surface area contributed by atoms with E-state index in [4.69, 9.17) is 0 Å². The van der Waals surface area contributed by atoms with Crippen molar-refractivity contribution in [2.45, 2.75) is 19.9 Å². The van der Waals surface area contributed by atoms with Gasteiger partial charge in [0.25, 0.3) is 0 Å². The highest BCUT2D eigenvalue weighted by Crippen LogP contribution is 2.09. The second-order valence-electron chi connectivity index (χ2n) is 6.00. The molecule has 0 spiro atoms. The van der Waals surface area contributed by atoms with Crippen LogP contribution in [0.25, 0.3) is 0 Å².